The van der Waals surface area contributed by atoms with Crippen LogP contribution in [-0.4, -0.2) is 39.9 Å². The van der Waals surface area contributed by atoms with Crippen LogP contribution in [0.4, 0.5) is 15.4 Å². The average molecular weight is 415 g/mol. The highest BCUT2D eigenvalue weighted by Crippen LogP contribution is 2.31. The van der Waals surface area contributed by atoms with Gasteiger partial charge in [-0.3, -0.25) is 9.63 Å². The van der Waals surface area contributed by atoms with Gasteiger partial charge in [0.05, 0.1) is 6.20 Å². The van der Waals surface area contributed by atoms with Gasteiger partial charge in [-0.05, 0) is 39.0 Å². The third-order valence-corrected chi connectivity index (χ3v) is 3.86. The topological polar surface area (TPSA) is 127 Å². The molecule has 2 amide bonds. The van der Waals surface area contributed by atoms with Crippen molar-refractivity contribution in [2.24, 2.45) is 0 Å². The quantitative estimate of drug-likeness (QED) is 0.729. The van der Waals surface area contributed by atoms with Crippen LogP contribution >= 0.6 is 0 Å². The molecule has 3 rings (SSSR count). The maximum Gasteiger partial charge on any atom is 0.534 e. The van der Waals surface area contributed by atoms with Crippen molar-refractivity contribution in [3.8, 4) is 11.5 Å². The number of ether oxygens (including phenoxy) is 2. The highest BCUT2D eigenvalue weighted by Gasteiger charge is 2.39. The van der Waals surface area contributed by atoms with Gasteiger partial charge in [-0.2, -0.15) is 0 Å². The third-order valence-electron chi connectivity index (χ3n) is 3.86. The van der Waals surface area contributed by atoms with Gasteiger partial charge in [-0.1, -0.05) is 18.2 Å². The van der Waals surface area contributed by atoms with Crippen LogP contribution in [0.15, 0.2) is 42.6 Å². The molecule has 0 radical (unpaired) electrons. The molecule has 2 aromatic rings. The van der Waals surface area contributed by atoms with Crippen molar-refractivity contribution in [3.63, 3.8) is 0 Å². The maximum absolute atomic E-state index is 12.7. The number of pyridine rings is 1. The first-order chi connectivity index (χ1) is 14.1. The minimum Gasteiger partial charge on any atom is -0.465 e. The smallest absolute Gasteiger partial charge is 0.465 e. The molecule has 0 aliphatic carbocycles. The number of carbonyl (C=O) groups is 3. The average Bonchev–Trinajstić information content (AvgIpc) is 2.64. The zero-order valence-electron chi connectivity index (χ0n) is 16.6. The zero-order chi connectivity index (χ0) is 21.9. The largest absolute Gasteiger partial charge is 0.534 e. The van der Waals surface area contributed by atoms with Gasteiger partial charge in [0.15, 0.2) is 5.82 Å². The molecule has 0 bridgehead atoms. The molecule has 0 fully saturated rings. The van der Waals surface area contributed by atoms with Gasteiger partial charge < -0.3 is 19.9 Å². The van der Waals surface area contributed by atoms with E-state index in [1.54, 1.807) is 39.0 Å². The molecule has 1 aliphatic heterocycles. The summed E-state index contributed by atoms with van der Waals surface area (Å²) in [5, 5.41) is 11.8. The summed E-state index contributed by atoms with van der Waals surface area (Å²) in [5.74, 6) is 0.212. The monoisotopic (exact) mass is 415 g/mol. The number of carboxylic acid groups (broad SMARTS) is 1. The molecule has 0 saturated heterocycles. The fraction of sp³-hybridized carbons (Fsp3) is 0.300. The number of aromatic nitrogens is 1. The summed E-state index contributed by atoms with van der Waals surface area (Å²) in [6.07, 6.45) is -1.13. The predicted molar refractivity (Wildman–Crippen MR) is 104 cm³/mol. The molecule has 1 atom stereocenters. The number of amides is 2. The second-order valence-electron chi connectivity index (χ2n) is 7.46. The molecule has 10 heteroatoms. The van der Waals surface area contributed by atoms with Crippen LogP contribution in [0, 0.1) is 0 Å². The lowest BCUT2D eigenvalue weighted by Gasteiger charge is -2.31. The van der Waals surface area contributed by atoms with E-state index in [1.807, 2.05) is 18.2 Å². The number of hydrogen-bond donors (Lipinski definition) is 2. The highest BCUT2D eigenvalue weighted by atomic mass is 16.8. The molecule has 0 saturated carbocycles. The Kier molecular flexibility index (Phi) is 5.77. The van der Waals surface area contributed by atoms with E-state index in [0.29, 0.717) is 22.1 Å². The van der Waals surface area contributed by atoms with E-state index in [0.717, 1.165) is 0 Å². The summed E-state index contributed by atoms with van der Waals surface area (Å²) in [6.45, 7) is 4.92. The van der Waals surface area contributed by atoms with Crippen molar-refractivity contribution < 1.29 is 33.8 Å². The summed E-state index contributed by atoms with van der Waals surface area (Å²) in [7, 11) is 0. The summed E-state index contributed by atoms with van der Waals surface area (Å²) >= 11 is 0. The van der Waals surface area contributed by atoms with Crippen molar-refractivity contribution in [1.29, 1.82) is 0 Å². The molecular weight excluding hydrogens is 394 g/mol. The van der Waals surface area contributed by atoms with Crippen LogP contribution in [0.5, 0.6) is 11.5 Å². The Labute approximate surface area is 172 Å². The van der Waals surface area contributed by atoms with Crippen LogP contribution in [0.1, 0.15) is 26.3 Å². The number of hydroxylamine groups is 1. The third kappa shape index (κ3) is 5.16. The number of rotatable bonds is 4. The number of carbonyl (C=O) groups excluding carboxylic acids is 2. The van der Waals surface area contributed by atoms with E-state index in [2.05, 4.69) is 10.3 Å². The first-order valence-electron chi connectivity index (χ1n) is 9.08. The first-order valence-corrected chi connectivity index (χ1v) is 9.08. The minimum atomic E-state index is -1.39. The molecule has 30 heavy (non-hydrogen) atoms. The van der Waals surface area contributed by atoms with Crippen molar-refractivity contribution >= 4 is 24.0 Å². The Hall–Kier alpha value is -3.82. The molecule has 158 valence electrons. The maximum atomic E-state index is 12.7. The van der Waals surface area contributed by atoms with Gasteiger partial charge in [0.25, 0.3) is 5.91 Å². The molecule has 2 N–H and O–H groups in total. The van der Waals surface area contributed by atoms with Crippen molar-refractivity contribution in [2.45, 2.75) is 38.8 Å². The van der Waals surface area contributed by atoms with Crippen molar-refractivity contribution in [1.82, 2.24) is 10.3 Å². The molecular formula is C20H21N3O7. The van der Waals surface area contributed by atoms with Crippen LogP contribution in [-0.2, 0) is 20.8 Å². The summed E-state index contributed by atoms with van der Waals surface area (Å²) < 4.78 is 10.8. The second-order valence-corrected chi connectivity index (χ2v) is 7.46. The Morgan fingerprint density at radius 3 is 2.53 bits per heavy atom. The lowest BCUT2D eigenvalue weighted by molar-refractivity contribution is -0.128. The normalized spacial score (nSPS) is 15.8. The van der Waals surface area contributed by atoms with Crippen LogP contribution < -0.4 is 15.1 Å². The number of nitrogens with one attached hydrogen (secondary N) is 1. The number of nitrogens with zero attached hydrogens (tertiary/aromatic N) is 2. The molecule has 1 aromatic heterocycles. The van der Waals surface area contributed by atoms with Crippen molar-refractivity contribution in [3.05, 3.63) is 48.2 Å². The number of fused-ring (bicyclic) bond motifs is 1. The van der Waals surface area contributed by atoms with Crippen LogP contribution in [0.25, 0.3) is 0 Å². The van der Waals surface area contributed by atoms with Crippen LogP contribution in [0.3, 0.4) is 0 Å². The van der Waals surface area contributed by atoms with Gasteiger partial charge in [-0.15, -0.1) is 5.06 Å². The Bertz CT molecular complexity index is 957. The summed E-state index contributed by atoms with van der Waals surface area (Å²) in [5.41, 5.74) is -0.400. The Balaban J connectivity index is 1.90. The van der Waals surface area contributed by atoms with E-state index in [-0.39, 0.29) is 12.2 Å². The lowest BCUT2D eigenvalue weighted by Crippen LogP contribution is -2.53. The first kappa shape index (κ1) is 20.9. The molecule has 10 nitrogen and oxygen atoms in total. The second kappa shape index (κ2) is 8.27. The summed E-state index contributed by atoms with van der Waals surface area (Å²) in [4.78, 5) is 45.1. The number of para-hydroxylation sites is 1. The van der Waals surface area contributed by atoms with Crippen LogP contribution in [0.2, 0.25) is 0 Å². The van der Waals surface area contributed by atoms with Gasteiger partial charge in [0, 0.05) is 12.0 Å². The van der Waals surface area contributed by atoms with E-state index >= 15 is 0 Å². The van der Waals surface area contributed by atoms with Crippen molar-refractivity contribution in [2.75, 3.05) is 5.06 Å². The van der Waals surface area contributed by atoms with E-state index in [1.165, 1.54) is 6.20 Å². The Morgan fingerprint density at radius 2 is 1.90 bits per heavy atom. The number of benzene rings is 1. The van der Waals surface area contributed by atoms with Gasteiger partial charge >= 0.3 is 12.2 Å². The molecule has 0 unspecified atom stereocenters. The fourth-order valence-electron chi connectivity index (χ4n) is 2.74. The minimum absolute atomic E-state index is 0.00757. The fourth-order valence-corrected chi connectivity index (χ4v) is 2.74. The highest BCUT2D eigenvalue weighted by molar-refractivity contribution is 6.00. The van der Waals surface area contributed by atoms with E-state index in [4.69, 9.17) is 19.4 Å². The Morgan fingerprint density at radius 1 is 1.20 bits per heavy atom. The predicted octanol–water partition coefficient (Wildman–Crippen LogP) is 3.27. The van der Waals surface area contributed by atoms with E-state index < -0.39 is 29.8 Å². The van der Waals surface area contributed by atoms with Gasteiger partial charge in [0.2, 0.25) is 0 Å². The SMILES string of the molecule is CC(C)(C)OC(=O)ON1C(=O)[C@@H](NC(=O)O)Cc2cc(Oc3ccccc3)cnc21. The molecule has 1 aromatic carbocycles. The van der Waals surface area contributed by atoms with Gasteiger partial charge in [0.1, 0.15) is 23.1 Å². The standard InChI is InChI=1S/C20H21N3O7/c1-20(2,3)29-19(27)30-23-16-12(10-15(17(23)24)22-18(25)26)9-14(11-21-16)28-13-7-5-4-6-8-13/h4-9,11,15,22H,10H2,1-3H3,(H,25,26)/t15-/m0/s1. The van der Waals surface area contributed by atoms with E-state index in [9.17, 15) is 14.4 Å². The molecule has 1 aliphatic rings. The lowest BCUT2D eigenvalue weighted by atomic mass is 10.0. The van der Waals surface area contributed by atoms with Gasteiger partial charge in [-0.25, -0.2) is 14.6 Å². The molecule has 0 spiro atoms. The molecule has 2 heterocycles. The summed E-state index contributed by atoms with van der Waals surface area (Å²) in [6, 6.07) is 9.41. The number of anilines is 1. The number of hydrogen-bond acceptors (Lipinski definition) is 7. The zero-order valence-corrected chi connectivity index (χ0v) is 16.6.